The van der Waals surface area contributed by atoms with Crippen LogP contribution in [-0.2, 0) is 21.2 Å². The van der Waals surface area contributed by atoms with Crippen LogP contribution in [0.4, 0.5) is 8.78 Å². The van der Waals surface area contributed by atoms with Crippen LogP contribution in [0.15, 0.2) is 30.3 Å². The van der Waals surface area contributed by atoms with Gasteiger partial charge in [0.15, 0.2) is 14.6 Å². The first-order chi connectivity index (χ1) is 14.4. The summed E-state index contributed by atoms with van der Waals surface area (Å²) in [6.07, 6.45) is 0.561. The third-order valence-corrected chi connectivity index (χ3v) is 7.88. The molecule has 2 aromatic rings. The van der Waals surface area contributed by atoms with Crippen molar-refractivity contribution in [1.29, 1.82) is 0 Å². The maximum absolute atomic E-state index is 15.2. The summed E-state index contributed by atoms with van der Waals surface area (Å²) in [6.45, 7) is 2.46. The third-order valence-electron chi connectivity index (χ3n) is 5.85. The number of fused-ring (bicyclic) bond motifs is 1. The number of nitrogens with one attached hydrogen (secondary N) is 1. The number of hydrogen-bond donors (Lipinski definition) is 2. The van der Waals surface area contributed by atoms with Crippen molar-refractivity contribution in [2.24, 2.45) is 0 Å². The van der Waals surface area contributed by atoms with Crippen molar-refractivity contribution >= 4 is 21.7 Å². The first-order valence-electron chi connectivity index (χ1n) is 9.42. The molecule has 1 aliphatic rings. The molecule has 0 radical (unpaired) electrons. The SMILES string of the molecule is Cc1ccc(-c2ccc3c(c2F)CN(CC[C@](C)(C(=O)NO)S(C)(=O)=O)C3=O)cc1F. The van der Waals surface area contributed by atoms with Gasteiger partial charge in [-0.2, -0.15) is 0 Å². The summed E-state index contributed by atoms with van der Waals surface area (Å²) in [4.78, 5) is 25.9. The molecule has 166 valence electrons. The lowest BCUT2D eigenvalue weighted by molar-refractivity contribution is -0.131. The van der Waals surface area contributed by atoms with Crippen LogP contribution in [0, 0.1) is 18.6 Å². The first kappa shape index (κ1) is 22.8. The molecule has 0 aliphatic carbocycles. The average molecular weight is 452 g/mol. The van der Waals surface area contributed by atoms with Gasteiger partial charge >= 0.3 is 0 Å². The Bertz CT molecular complexity index is 1180. The molecule has 0 unspecified atom stereocenters. The Morgan fingerprint density at radius 1 is 1.23 bits per heavy atom. The quantitative estimate of drug-likeness (QED) is 0.518. The van der Waals surface area contributed by atoms with Gasteiger partial charge in [0.25, 0.3) is 11.8 Å². The van der Waals surface area contributed by atoms with Crippen LogP contribution in [0.3, 0.4) is 0 Å². The molecule has 2 aromatic carbocycles. The molecule has 1 heterocycles. The van der Waals surface area contributed by atoms with E-state index in [4.69, 9.17) is 5.21 Å². The lowest BCUT2D eigenvalue weighted by Crippen LogP contribution is -2.50. The summed E-state index contributed by atoms with van der Waals surface area (Å²) in [5, 5.41) is 8.91. The van der Waals surface area contributed by atoms with Crippen LogP contribution in [-0.4, -0.2) is 47.9 Å². The van der Waals surface area contributed by atoms with Gasteiger partial charge in [-0.15, -0.1) is 0 Å². The highest BCUT2D eigenvalue weighted by molar-refractivity contribution is 7.92. The van der Waals surface area contributed by atoms with Crippen LogP contribution >= 0.6 is 0 Å². The highest BCUT2D eigenvalue weighted by Gasteiger charge is 2.44. The van der Waals surface area contributed by atoms with Crippen molar-refractivity contribution in [3.63, 3.8) is 0 Å². The predicted octanol–water partition coefficient (Wildman–Crippen LogP) is 2.59. The number of amides is 2. The molecule has 0 bridgehead atoms. The van der Waals surface area contributed by atoms with Gasteiger partial charge in [-0.05, 0) is 43.5 Å². The summed E-state index contributed by atoms with van der Waals surface area (Å²) in [5.74, 6) is -2.75. The number of nitrogens with zero attached hydrogens (tertiary/aromatic N) is 1. The van der Waals surface area contributed by atoms with Gasteiger partial charge in [-0.1, -0.05) is 18.2 Å². The number of halogens is 2. The second-order valence-corrected chi connectivity index (χ2v) is 10.3. The van der Waals surface area contributed by atoms with Crippen LogP contribution < -0.4 is 5.48 Å². The number of benzene rings is 2. The number of carbonyl (C=O) groups is 2. The lowest BCUT2D eigenvalue weighted by atomic mass is 9.98. The molecule has 0 saturated heterocycles. The number of aryl methyl sites for hydroxylation is 1. The summed E-state index contributed by atoms with van der Waals surface area (Å²) in [7, 11) is -3.93. The molecule has 0 saturated carbocycles. The Hall–Kier alpha value is -2.85. The first-order valence-corrected chi connectivity index (χ1v) is 11.3. The van der Waals surface area contributed by atoms with E-state index < -0.39 is 38.0 Å². The van der Waals surface area contributed by atoms with E-state index in [1.807, 2.05) is 0 Å². The molecule has 2 amide bonds. The summed E-state index contributed by atoms with van der Waals surface area (Å²) in [5.41, 5.74) is 2.50. The second-order valence-electron chi connectivity index (χ2n) is 7.84. The molecule has 0 spiro atoms. The fraction of sp³-hybridized carbons (Fsp3) is 0.333. The zero-order chi connectivity index (χ0) is 23.1. The number of carbonyl (C=O) groups excluding carboxylic acids is 2. The molecular formula is C21H22F2N2O5S. The van der Waals surface area contributed by atoms with E-state index in [2.05, 4.69) is 0 Å². The third kappa shape index (κ3) is 3.92. The highest BCUT2D eigenvalue weighted by Crippen LogP contribution is 2.34. The van der Waals surface area contributed by atoms with Crippen LogP contribution in [0.2, 0.25) is 0 Å². The Morgan fingerprint density at radius 2 is 1.87 bits per heavy atom. The van der Waals surface area contributed by atoms with Crippen molar-refractivity contribution in [3.05, 3.63) is 58.7 Å². The van der Waals surface area contributed by atoms with Crippen molar-refractivity contribution in [2.75, 3.05) is 12.8 Å². The van der Waals surface area contributed by atoms with E-state index >= 15 is 4.39 Å². The van der Waals surface area contributed by atoms with Gasteiger partial charge in [0.05, 0.1) is 0 Å². The van der Waals surface area contributed by atoms with Crippen molar-refractivity contribution in [3.8, 4) is 11.1 Å². The molecule has 3 rings (SSSR count). The van der Waals surface area contributed by atoms with Crippen molar-refractivity contribution in [1.82, 2.24) is 10.4 Å². The van der Waals surface area contributed by atoms with Crippen LogP contribution in [0.25, 0.3) is 11.1 Å². The molecule has 10 heteroatoms. The van der Waals surface area contributed by atoms with Crippen molar-refractivity contribution in [2.45, 2.75) is 31.6 Å². The lowest BCUT2D eigenvalue weighted by Gasteiger charge is -2.27. The molecule has 0 fully saturated rings. The maximum atomic E-state index is 15.2. The van der Waals surface area contributed by atoms with E-state index in [1.165, 1.54) is 34.6 Å². The molecular weight excluding hydrogens is 430 g/mol. The zero-order valence-electron chi connectivity index (χ0n) is 17.2. The Labute approximate surface area is 178 Å². The van der Waals surface area contributed by atoms with Gasteiger partial charge in [0, 0.05) is 36.0 Å². The van der Waals surface area contributed by atoms with Gasteiger partial charge in [0.2, 0.25) is 0 Å². The van der Waals surface area contributed by atoms with Crippen LogP contribution in [0.1, 0.15) is 34.8 Å². The summed E-state index contributed by atoms with van der Waals surface area (Å²) < 4.78 is 51.3. The second kappa shape index (κ2) is 8.01. The minimum absolute atomic E-state index is 0.121. The van der Waals surface area contributed by atoms with Gasteiger partial charge < -0.3 is 4.90 Å². The van der Waals surface area contributed by atoms with Gasteiger partial charge in [-0.25, -0.2) is 22.7 Å². The highest BCUT2D eigenvalue weighted by atomic mass is 32.2. The Kier molecular flexibility index (Phi) is 5.90. The normalized spacial score (nSPS) is 15.5. The summed E-state index contributed by atoms with van der Waals surface area (Å²) in [6, 6.07) is 7.19. The fourth-order valence-corrected chi connectivity index (χ4v) is 4.35. The number of hydrogen-bond acceptors (Lipinski definition) is 5. The Balaban J connectivity index is 1.88. The summed E-state index contributed by atoms with van der Waals surface area (Å²) >= 11 is 0. The largest absolute Gasteiger partial charge is 0.334 e. The number of hydroxylamine groups is 1. The molecule has 1 atom stereocenters. The van der Waals surface area contributed by atoms with E-state index in [9.17, 15) is 22.4 Å². The van der Waals surface area contributed by atoms with E-state index in [0.717, 1.165) is 13.2 Å². The standard InChI is InChI=1S/C21H22F2N2O5S/c1-12-4-5-13(10-17(12)22)14-6-7-15-16(18(14)23)11-25(19(15)26)9-8-21(2,20(27)24-28)31(3,29)30/h4-7,10,28H,8-9,11H2,1-3H3,(H,24,27)/t21-/m1/s1. The van der Waals surface area contributed by atoms with Gasteiger partial charge in [-0.3, -0.25) is 14.8 Å². The molecule has 31 heavy (non-hydrogen) atoms. The molecule has 2 N–H and O–H groups in total. The smallest absolute Gasteiger partial charge is 0.264 e. The van der Waals surface area contributed by atoms with Crippen LogP contribution in [0.5, 0.6) is 0 Å². The minimum Gasteiger partial charge on any atom is -0.334 e. The topological polar surface area (TPSA) is 104 Å². The minimum atomic E-state index is -3.93. The van der Waals surface area contributed by atoms with Crippen molar-refractivity contribution < 1.29 is 32.0 Å². The fourth-order valence-electron chi connectivity index (χ4n) is 3.51. The zero-order valence-corrected chi connectivity index (χ0v) is 18.0. The number of rotatable bonds is 6. The predicted molar refractivity (Wildman–Crippen MR) is 109 cm³/mol. The molecule has 0 aromatic heterocycles. The number of sulfone groups is 1. The van der Waals surface area contributed by atoms with E-state index in [1.54, 1.807) is 13.0 Å². The van der Waals surface area contributed by atoms with E-state index in [0.29, 0.717) is 11.1 Å². The van der Waals surface area contributed by atoms with E-state index in [-0.39, 0.29) is 36.2 Å². The Morgan fingerprint density at radius 3 is 2.45 bits per heavy atom. The molecule has 7 nitrogen and oxygen atoms in total. The monoisotopic (exact) mass is 452 g/mol. The van der Waals surface area contributed by atoms with Gasteiger partial charge in [0.1, 0.15) is 11.6 Å². The maximum Gasteiger partial charge on any atom is 0.264 e. The average Bonchev–Trinajstić information content (AvgIpc) is 3.04. The molecule has 1 aliphatic heterocycles.